The number of nitro groups is 1. The van der Waals surface area contributed by atoms with Gasteiger partial charge in [0.25, 0.3) is 11.6 Å². The van der Waals surface area contributed by atoms with Crippen LogP contribution in [0.2, 0.25) is 5.02 Å². The maximum Gasteiger partial charge on any atom is 0.421 e. The lowest BCUT2D eigenvalue weighted by atomic mass is 10.1. The Morgan fingerprint density at radius 2 is 1.79 bits per heavy atom. The smallest absolute Gasteiger partial charge is 0.421 e. The molecule has 39 heavy (non-hydrogen) atoms. The van der Waals surface area contributed by atoms with Gasteiger partial charge in [0, 0.05) is 13.1 Å². The predicted octanol–water partition coefficient (Wildman–Crippen LogP) is 5.54. The van der Waals surface area contributed by atoms with Crippen molar-refractivity contribution < 1.29 is 28.8 Å². The Bertz CT molecular complexity index is 1390. The molecule has 15 heteroatoms. The third-order valence-corrected chi connectivity index (χ3v) is 5.87. The first-order chi connectivity index (χ1) is 18.5. The number of carbonyl (C=O) groups is 3. The molecule has 3 aromatic rings. The van der Waals surface area contributed by atoms with E-state index in [1.54, 1.807) is 32.9 Å². The Labute approximate surface area is 232 Å². The molecule has 0 aliphatic heterocycles. The highest BCUT2D eigenvalue weighted by atomic mass is 35.5. The summed E-state index contributed by atoms with van der Waals surface area (Å²) in [5.74, 6) is -0.628. The van der Waals surface area contributed by atoms with E-state index < -0.39 is 34.7 Å². The quantitative estimate of drug-likeness (QED) is 0.206. The van der Waals surface area contributed by atoms with E-state index in [9.17, 15) is 24.5 Å². The molecule has 0 aliphatic carbocycles. The van der Waals surface area contributed by atoms with Gasteiger partial charge in [-0.1, -0.05) is 23.7 Å². The van der Waals surface area contributed by atoms with Crippen LogP contribution in [0.3, 0.4) is 0 Å². The van der Waals surface area contributed by atoms with Gasteiger partial charge in [-0.05, 0) is 50.6 Å². The van der Waals surface area contributed by atoms with Crippen LogP contribution in [0.5, 0.6) is 11.8 Å². The van der Waals surface area contributed by atoms with Crippen molar-refractivity contribution in [2.75, 3.05) is 11.4 Å². The Morgan fingerprint density at radius 3 is 2.41 bits per heavy atom. The molecule has 0 fully saturated rings. The van der Waals surface area contributed by atoms with Crippen LogP contribution in [0, 0.1) is 17.0 Å². The zero-order chi connectivity index (χ0) is 28.7. The minimum atomic E-state index is -0.998. The normalized spacial score (nSPS) is 10.5. The van der Waals surface area contributed by atoms with Gasteiger partial charge in [-0.2, -0.15) is 0 Å². The largest absolute Gasteiger partial charge is 0.446 e. The highest BCUT2D eigenvalue weighted by Gasteiger charge is 2.28. The number of aromatic nitrogens is 2. The minimum Gasteiger partial charge on any atom is -0.446 e. The van der Waals surface area contributed by atoms with Gasteiger partial charge < -0.3 is 9.47 Å². The summed E-state index contributed by atoms with van der Waals surface area (Å²) in [6.07, 6.45) is 1.58. The standard InChI is InChI=1S/C24H23ClN6O7S/c1-14(2)37-24(34)29(4)39-30(23(33)28-21(32)18-7-5-6-8-19(18)31(35)36)17-9-10-20(15(3)11-17)38-22-26-12-16(25)13-27-22/h5-14H,1-4H3,(H,28,32,33). The van der Waals surface area contributed by atoms with Crippen molar-refractivity contribution in [1.82, 2.24) is 19.6 Å². The second-order valence-corrected chi connectivity index (χ2v) is 9.59. The lowest BCUT2D eigenvalue weighted by Gasteiger charge is -2.26. The number of nitrogens with one attached hydrogen (secondary N) is 1. The van der Waals surface area contributed by atoms with E-state index in [-0.39, 0.29) is 17.3 Å². The number of hydrogen-bond acceptors (Lipinski definition) is 10. The maximum absolute atomic E-state index is 13.3. The zero-order valence-electron chi connectivity index (χ0n) is 21.2. The first-order valence-electron chi connectivity index (χ1n) is 11.2. The van der Waals surface area contributed by atoms with Crippen LogP contribution in [0.25, 0.3) is 0 Å². The number of aryl methyl sites for hydroxylation is 1. The van der Waals surface area contributed by atoms with Crippen molar-refractivity contribution in [3.63, 3.8) is 0 Å². The molecule has 13 nitrogen and oxygen atoms in total. The van der Waals surface area contributed by atoms with Crippen LogP contribution in [0.15, 0.2) is 54.9 Å². The highest BCUT2D eigenvalue weighted by molar-refractivity contribution is 7.99. The molecule has 1 heterocycles. The van der Waals surface area contributed by atoms with Crippen molar-refractivity contribution in [1.29, 1.82) is 0 Å². The summed E-state index contributed by atoms with van der Waals surface area (Å²) >= 11 is 6.44. The first-order valence-corrected chi connectivity index (χ1v) is 12.3. The van der Waals surface area contributed by atoms with Crippen LogP contribution in [0.1, 0.15) is 29.8 Å². The fourth-order valence-corrected chi connectivity index (χ4v) is 3.78. The van der Waals surface area contributed by atoms with Crippen molar-refractivity contribution in [3.8, 4) is 11.8 Å². The van der Waals surface area contributed by atoms with Crippen molar-refractivity contribution in [2.24, 2.45) is 0 Å². The summed E-state index contributed by atoms with van der Waals surface area (Å²) in [7, 11) is 1.38. The molecule has 0 unspecified atom stereocenters. The van der Waals surface area contributed by atoms with E-state index in [1.165, 1.54) is 43.7 Å². The van der Waals surface area contributed by atoms with Gasteiger partial charge in [0.15, 0.2) is 0 Å². The van der Waals surface area contributed by atoms with Gasteiger partial charge in [-0.3, -0.25) is 20.2 Å². The minimum absolute atomic E-state index is 0.0467. The van der Waals surface area contributed by atoms with Crippen LogP contribution in [0.4, 0.5) is 21.0 Å². The van der Waals surface area contributed by atoms with Gasteiger partial charge in [0.05, 0.1) is 46.3 Å². The lowest BCUT2D eigenvalue weighted by Crippen LogP contribution is -2.42. The second-order valence-electron chi connectivity index (χ2n) is 8.08. The fourth-order valence-electron chi connectivity index (χ4n) is 3.00. The summed E-state index contributed by atoms with van der Waals surface area (Å²) < 4.78 is 12.9. The molecular formula is C24H23ClN6O7S. The molecule has 0 radical (unpaired) electrons. The van der Waals surface area contributed by atoms with Gasteiger partial charge in [-0.15, -0.1) is 0 Å². The maximum atomic E-state index is 13.3. The predicted molar refractivity (Wildman–Crippen MR) is 144 cm³/mol. The van der Waals surface area contributed by atoms with Crippen LogP contribution >= 0.6 is 23.7 Å². The van der Waals surface area contributed by atoms with Crippen molar-refractivity contribution >= 4 is 53.1 Å². The number of para-hydroxylation sites is 1. The number of hydrogen-bond donors (Lipinski definition) is 1. The number of carbonyl (C=O) groups excluding carboxylic acids is 3. The summed E-state index contributed by atoms with van der Waals surface area (Å²) in [6.45, 7) is 5.03. The Balaban J connectivity index is 1.89. The number of amides is 4. The van der Waals surface area contributed by atoms with Gasteiger partial charge >= 0.3 is 18.1 Å². The van der Waals surface area contributed by atoms with Crippen LogP contribution in [-0.2, 0) is 4.74 Å². The monoisotopic (exact) mass is 574 g/mol. The number of nitrogens with zero attached hydrogens (tertiary/aromatic N) is 5. The average molecular weight is 575 g/mol. The molecule has 3 rings (SSSR count). The summed E-state index contributed by atoms with van der Waals surface area (Å²) in [5.41, 5.74) is 0.0264. The number of urea groups is 1. The molecule has 0 saturated heterocycles. The van der Waals surface area contributed by atoms with E-state index in [4.69, 9.17) is 21.1 Å². The molecule has 2 aromatic carbocycles. The number of ether oxygens (including phenoxy) is 2. The SMILES string of the molecule is Cc1cc(N(SN(C)C(=O)OC(C)C)C(=O)NC(=O)c2ccccc2[N+](=O)[O-])ccc1Oc1ncc(Cl)cn1. The van der Waals surface area contributed by atoms with Gasteiger partial charge in [0.1, 0.15) is 11.3 Å². The fraction of sp³-hybridized carbons (Fsp3) is 0.208. The summed E-state index contributed by atoms with van der Waals surface area (Å²) in [4.78, 5) is 57.0. The number of nitro benzene ring substituents is 1. The van der Waals surface area contributed by atoms with Gasteiger partial charge in [0.2, 0.25) is 0 Å². The third-order valence-electron chi connectivity index (χ3n) is 4.74. The Morgan fingerprint density at radius 1 is 1.13 bits per heavy atom. The number of imide groups is 1. The van der Waals surface area contributed by atoms with E-state index in [0.29, 0.717) is 28.5 Å². The Hall–Kier alpha value is -4.43. The second kappa shape index (κ2) is 12.9. The Kier molecular flexibility index (Phi) is 9.62. The van der Waals surface area contributed by atoms with Crippen LogP contribution in [-0.4, -0.2) is 50.4 Å². The molecule has 1 N–H and O–H groups in total. The van der Waals surface area contributed by atoms with E-state index in [0.717, 1.165) is 14.7 Å². The number of anilines is 1. The van der Waals surface area contributed by atoms with E-state index >= 15 is 0 Å². The van der Waals surface area contributed by atoms with E-state index in [1.807, 2.05) is 0 Å². The highest BCUT2D eigenvalue weighted by Crippen LogP contribution is 2.32. The number of rotatable bonds is 8. The molecule has 0 bridgehead atoms. The van der Waals surface area contributed by atoms with Crippen molar-refractivity contribution in [3.05, 3.63) is 81.1 Å². The van der Waals surface area contributed by atoms with Crippen LogP contribution < -0.4 is 14.4 Å². The summed E-state index contributed by atoms with van der Waals surface area (Å²) in [6, 6.07) is 8.88. The molecule has 0 saturated carbocycles. The molecule has 0 atom stereocenters. The molecule has 204 valence electrons. The van der Waals surface area contributed by atoms with E-state index in [2.05, 4.69) is 15.3 Å². The molecular weight excluding hydrogens is 552 g/mol. The van der Waals surface area contributed by atoms with Gasteiger partial charge in [-0.25, -0.2) is 28.2 Å². The molecule has 0 spiro atoms. The average Bonchev–Trinajstić information content (AvgIpc) is 2.89. The number of benzene rings is 2. The topological polar surface area (TPSA) is 157 Å². The summed E-state index contributed by atoms with van der Waals surface area (Å²) in [5, 5.41) is 13.8. The molecule has 4 amide bonds. The number of halogens is 1. The third kappa shape index (κ3) is 7.78. The zero-order valence-corrected chi connectivity index (χ0v) is 22.7. The first kappa shape index (κ1) is 29.1. The molecule has 0 aliphatic rings. The van der Waals surface area contributed by atoms with Crippen molar-refractivity contribution in [2.45, 2.75) is 26.9 Å². The molecule has 1 aromatic heterocycles. The lowest BCUT2D eigenvalue weighted by molar-refractivity contribution is -0.385.